The van der Waals surface area contributed by atoms with Crippen LogP contribution in [0.3, 0.4) is 0 Å². The lowest BCUT2D eigenvalue weighted by molar-refractivity contribution is -0.122. The highest BCUT2D eigenvalue weighted by Crippen LogP contribution is 2.40. The summed E-state index contributed by atoms with van der Waals surface area (Å²) in [5, 5.41) is 7.82. The fraction of sp³-hybridized carbons (Fsp3) is 0.385. The molecule has 3 rings (SSSR count). The molecule has 0 aliphatic carbocycles. The second kappa shape index (κ2) is 3.48. The third-order valence-corrected chi connectivity index (χ3v) is 3.64. The SMILES string of the molecule is Cc1cccc(N2C(=O)C3CN=NC3(C)C2=O)c1. The number of hydrogen-bond donors (Lipinski definition) is 0. The summed E-state index contributed by atoms with van der Waals surface area (Å²) in [4.78, 5) is 25.9. The normalized spacial score (nSPS) is 30.1. The Morgan fingerprint density at radius 1 is 1.39 bits per heavy atom. The number of fused-ring (bicyclic) bond motifs is 1. The fourth-order valence-corrected chi connectivity index (χ4v) is 2.52. The van der Waals surface area contributed by atoms with E-state index in [1.54, 1.807) is 13.0 Å². The minimum Gasteiger partial charge on any atom is -0.274 e. The van der Waals surface area contributed by atoms with Gasteiger partial charge in [-0.1, -0.05) is 12.1 Å². The van der Waals surface area contributed by atoms with Crippen LogP contribution in [0.2, 0.25) is 0 Å². The maximum Gasteiger partial charge on any atom is 0.264 e. The Balaban J connectivity index is 2.07. The number of rotatable bonds is 1. The number of amides is 2. The number of imide groups is 1. The third kappa shape index (κ3) is 1.27. The number of hydrogen-bond acceptors (Lipinski definition) is 4. The molecular formula is C13H13N3O2. The van der Waals surface area contributed by atoms with Crippen molar-refractivity contribution in [1.29, 1.82) is 0 Å². The smallest absolute Gasteiger partial charge is 0.264 e. The van der Waals surface area contributed by atoms with Crippen LogP contribution in [0.25, 0.3) is 0 Å². The first-order valence-corrected chi connectivity index (χ1v) is 5.88. The molecule has 2 amide bonds. The molecule has 5 heteroatoms. The van der Waals surface area contributed by atoms with Crippen molar-refractivity contribution in [2.45, 2.75) is 19.4 Å². The number of aryl methyl sites for hydroxylation is 1. The Morgan fingerprint density at radius 2 is 2.17 bits per heavy atom. The molecule has 2 aliphatic rings. The van der Waals surface area contributed by atoms with Crippen molar-refractivity contribution in [2.75, 3.05) is 11.4 Å². The minimum atomic E-state index is -0.999. The molecule has 0 bridgehead atoms. The van der Waals surface area contributed by atoms with Crippen molar-refractivity contribution >= 4 is 17.5 Å². The largest absolute Gasteiger partial charge is 0.274 e. The summed E-state index contributed by atoms with van der Waals surface area (Å²) in [6, 6.07) is 7.36. The van der Waals surface area contributed by atoms with Gasteiger partial charge < -0.3 is 0 Å². The van der Waals surface area contributed by atoms with Crippen LogP contribution in [-0.4, -0.2) is 23.9 Å². The first-order chi connectivity index (χ1) is 8.54. The molecule has 0 spiro atoms. The molecule has 0 aromatic heterocycles. The van der Waals surface area contributed by atoms with Crippen molar-refractivity contribution < 1.29 is 9.59 Å². The molecule has 1 aromatic carbocycles. The second-order valence-electron chi connectivity index (χ2n) is 4.94. The van der Waals surface area contributed by atoms with E-state index in [0.717, 1.165) is 5.56 Å². The molecule has 18 heavy (non-hydrogen) atoms. The number of anilines is 1. The van der Waals surface area contributed by atoms with Crippen LogP contribution in [0.1, 0.15) is 12.5 Å². The quantitative estimate of drug-likeness (QED) is 0.705. The van der Waals surface area contributed by atoms with E-state index < -0.39 is 11.5 Å². The molecule has 0 N–H and O–H groups in total. The molecule has 2 aliphatic heterocycles. The third-order valence-electron chi connectivity index (χ3n) is 3.64. The van der Waals surface area contributed by atoms with E-state index in [9.17, 15) is 9.59 Å². The maximum absolute atomic E-state index is 12.4. The molecule has 5 nitrogen and oxygen atoms in total. The van der Waals surface area contributed by atoms with E-state index in [4.69, 9.17) is 0 Å². The van der Waals surface area contributed by atoms with Gasteiger partial charge in [0, 0.05) is 0 Å². The van der Waals surface area contributed by atoms with Crippen LogP contribution in [0, 0.1) is 12.8 Å². The van der Waals surface area contributed by atoms with Crippen molar-refractivity contribution in [3.8, 4) is 0 Å². The first-order valence-electron chi connectivity index (χ1n) is 5.88. The van der Waals surface area contributed by atoms with Crippen LogP contribution in [0.5, 0.6) is 0 Å². The highest BCUT2D eigenvalue weighted by Gasteiger charge is 2.59. The van der Waals surface area contributed by atoms with Gasteiger partial charge >= 0.3 is 0 Å². The summed E-state index contributed by atoms with van der Waals surface area (Å²) in [6.45, 7) is 3.92. The summed E-state index contributed by atoms with van der Waals surface area (Å²) in [5.74, 6) is -0.909. The van der Waals surface area contributed by atoms with Gasteiger partial charge in [0.25, 0.3) is 5.91 Å². The Hall–Kier alpha value is -2.04. The molecule has 0 saturated carbocycles. The molecular weight excluding hydrogens is 230 g/mol. The lowest BCUT2D eigenvalue weighted by Gasteiger charge is -2.17. The molecule has 1 saturated heterocycles. The van der Waals surface area contributed by atoms with Gasteiger partial charge in [-0.15, -0.1) is 0 Å². The molecule has 2 atom stereocenters. The van der Waals surface area contributed by atoms with E-state index in [2.05, 4.69) is 10.2 Å². The van der Waals surface area contributed by atoms with Crippen molar-refractivity contribution in [1.82, 2.24) is 0 Å². The van der Waals surface area contributed by atoms with Gasteiger partial charge in [0.05, 0.1) is 18.2 Å². The predicted molar refractivity (Wildman–Crippen MR) is 65.3 cm³/mol. The Labute approximate surface area is 105 Å². The first kappa shape index (κ1) is 11.1. The van der Waals surface area contributed by atoms with Crippen molar-refractivity contribution in [3.05, 3.63) is 29.8 Å². The van der Waals surface area contributed by atoms with Gasteiger partial charge in [-0.3, -0.25) is 9.59 Å². The van der Waals surface area contributed by atoms with Gasteiger partial charge in [0.2, 0.25) is 5.91 Å². The standard InChI is InChI=1S/C13H13N3O2/c1-8-4-3-5-9(6-8)16-11(17)10-7-14-15-13(10,2)12(16)18/h3-6,10H,7H2,1-2H3. The van der Waals surface area contributed by atoms with Crippen LogP contribution in [0.15, 0.2) is 34.5 Å². The van der Waals surface area contributed by atoms with Gasteiger partial charge in [0.15, 0.2) is 5.54 Å². The van der Waals surface area contributed by atoms with Crippen LogP contribution in [0.4, 0.5) is 5.69 Å². The zero-order valence-electron chi connectivity index (χ0n) is 10.3. The zero-order valence-corrected chi connectivity index (χ0v) is 10.3. The Morgan fingerprint density at radius 3 is 2.83 bits per heavy atom. The van der Waals surface area contributed by atoms with E-state index in [1.165, 1.54) is 4.90 Å². The van der Waals surface area contributed by atoms with E-state index in [1.807, 2.05) is 25.1 Å². The average molecular weight is 243 g/mol. The minimum absolute atomic E-state index is 0.196. The number of carbonyl (C=O) groups excluding carboxylic acids is 2. The Kier molecular flexibility index (Phi) is 2.14. The van der Waals surface area contributed by atoms with Gasteiger partial charge in [-0.05, 0) is 31.5 Å². The molecule has 2 heterocycles. The summed E-state index contributed by atoms with van der Waals surface area (Å²) in [5.41, 5.74) is 0.633. The van der Waals surface area contributed by atoms with Crippen LogP contribution < -0.4 is 4.90 Å². The Bertz CT molecular complexity index is 581. The molecule has 1 aromatic rings. The van der Waals surface area contributed by atoms with Crippen molar-refractivity contribution in [3.63, 3.8) is 0 Å². The van der Waals surface area contributed by atoms with Gasteiger partial charge in [-0.2, -0.15) is 10.2 Å². The second-order valence-corrected chi connectivity index (χ2v) is 4.94. The predicted octanol–water partition coefficient (Wildman–Crippen LogP) is 1.71. The number of benzene rings is 1. The average Bonchev–Trinajstić information content (AvgIpc) is 2.79. The van der Waals surface area contributed by atoms with E-state index in [0.29, 0.717) is 12.2 Å². The van der Waals surface area contributed by atoms with Crippen molar-refractivity contribution in [2.24, 2.45) is 16.1 Å². The topological polar surface area (TPSA) is 62.1 Å². The summed E-state index contributed by atoms with van der Waals surface area (Å²) < 4.78 is 0. The summed E-state index contributed by atoms with van der Waals surface area (Å²) in [6.07, 6.45) is 0. The number of azo groups is 1. The van der Waals surface area contributed by atoms with Crippen LogP contribution in [-0.2, 0) is 9.59 Å². The monoisotopic (exact) mass is 243 g/mol. The molecule has 2 unspecified atom stereocenters. The lowest BCUT2D eigenvalue weighted by Crippen LogP contribution is -2.37. The summed E-state index contributed by atoms with van der Waals surface area (Å²) in [7, 11) is 0. The highest BCUT2D eigenvalue weighted by molar-refractivity contribution is 6.25. The maximum atomic E-state index is 12.4. The van der Waals surface area contributed by atoms with Crippen LogP contribution >= 0.6 is 0 Å². The van der Waals surface area contributed by atoms with E-state index in [-0.39, 0.29) is 11.8 Å². The number of nitrogens with zero attached hydrogens (tertiary/aromatic N) is 3. The fourth-order valence-electron chi connectivity index (χ4n) is 2.52. The van der Waals surface area contributed by atoms with Gasteiger partial charge in [0.1, 0.15) is 0 Å². The molecule has 1 fully saturated rings. The molecule has 0 radical (unpaired) electrons. The number of carbonyl (C=O) groups is 2. The zero-order chi connectivity index (χ0) is 12.9. The summed E-state index contributed by atoms with van der Waals surface area (Å²) >= 11 is 0. The molecule has 92 valence electrons. The van der Waals surface area contributed by atoms with Gasteiger partial charge in [-0.25, -0.2) is 4.90 Å². The lowest BCUT2D eigenvalue weighted by atomic mass is 9.90. The van der Waals surface area contributed by atoms with E-state index >= 15 is 0 Å². The highest BCUT2D eigenvalue weighted by atomic mass is 16.2.